The molecule has 1 atom stereocenters. The monoisotopic (exact) mass is 325 g/mol. The maximum atomic E-state index is 12.2. The fraction of sp³-hybridized carbons (Fsp3) is 0.231. The molecule has 1 aromatic heterocycles. The first-order chi connectivity index (χ1) is 9.63. The minimum atomic E-state index is -0.194. The van der Waals surface area contributed by atoms with Crippen molar-refractivity contribution in [2.75, 3.05) is 11.5 Å². The molecule has 2 heterocycles. The number of benzene rings is 1. The van der Waals surface area contributed by atoms with Crippen LogP contribution in [0.3, 0.4) is 0 Å². The molecule has 3 rings (SSSR count). The van der Waals surface area contributed by atoms with E-state index in [1.54, 1.807) is 17.1 Å². The number of rotatable bonds is 2. The van der Waals surface area contributed by atoms with E-state index < -0.39 is 0 Å². The van der Waals surface area contributed by atoms with Crippen LogP contribution in [0.1, 0.15) is 28.5 Å². The van der Waals surface area contributed by atoms with E-state index in [0.717, 1.165) is 17.7 Å². The number of hydrogen-bond donors (Lipinski definition) is 2. The van der Waals surface area contributed by atoms with Gasteiger partial charge in [0.2, 0.25) is 0 Å². The van der Waals surface area contributed by atoms with Gasteiger partial charge in [-0.1, -0.05) is 11.6 Å². The molecule has 0 spiro atoms. The summed E-state index contributed by atoms with van der Waals surface area (Å²) in [5.74, 6) is 0.777. The van der Waals surface area contributed by atoms with Gasteiger partial charge in [-0.3, -0.25) is 4.79 Å². The number of hydrogen-bond acceptors (Lipinski definition) is 5. The zero-order valence-electron chi connectivity index (χ0n) is 10.4. The highest BCUT2D eigenvalue weighted by Crippen LogP contribution is 2.37. The third-order valence-corrected chi connectivity index (χ3v) is 5.10. The molecule has 2 aromatic rings. The molecule has 0 radical (unpaired) electrons. The number of aromatic nitrogens is 1. The van der Waals surface area contributed by atoms with Crippen LogP contribution in [0.4, 0.5) is 5.13 Å². The van der Waals surface area contributed by atoms with Gasteiger partial charge in [0, 0.05) is 21.1 Å². The maximum absolute atomic E-state index is 12.2. The number of thiazole rings is 1. The Hall–Kier alpha value is -1.24. The molecule has 7 heteroatoms. The molecule has 1 aliphatic rings. The standard InChI is InChI=1S/C13H12ClN3OS2/c14-7-1-2-11-8(5-7)9(3-4-19-11)16-12(18)10-6-20-13(15)17-10/h1-2,5-6,9H,3-4H2,(H2,15,17)(H,16,18). The minimum absolute atomic E-state index is 0.0274. The van der Waals surface area contributed by atoms with E-state index in [4.69, 9.17) is 17.3 Å². The van der Waals surface area contributed by atoms with E-state index >= 15 is 0 Å². The average Bonchev–Trinajstić information content (AvgIpc) is 2.86. The fourth-order valence-electron chi connectivity index (χ4n) is 2.14. The van der Waals surface area contributed by atoms with Crippen LogP contribution in [0.5, 0.6) is 0 Å². The molecule has 20 heavy (non-hydrogen) atoms. The van der Waals surface area contributed by atoms with Gasteiger partial charge in [0.1, 0.15) is 5.69 Å². The fourth-order valence-corrected chi connectivity index (χ4v) is 3.97. The number of carbonyl (C=O) groups is 1. The van der Waals surface area contributed by atoms with Crippen molar-refractivity contribution >= 4 is 45.7 Å². The third-order valence-electron chi connectivity index (χ3n) is 3.07. The summed E-state index contributed by atoms with van der Waals surface area (Å²) in [5, 5.41) is 5.76. The van der Waals surface area contributed by atoms with Crippen molar-refractivity contribution < 1.29 is 4.79 Å². The summed E-state index contributed by atoms with van der Waals surface area (Å²) in [5.41, 5.74) is 7.00. The number of amides is 1. The quantitative estimate of drug-likeness (QED) is 0.888. The molecular weight excluding hydrogens is 314 g/mol. The van der Waals surface area contributed by atoms with Crippen molar-refractivity contribution in [3.05, 3.63) is 39.9 Å². The molecule has 0 bridgehead atoms. The summed E-state index contributed by atoms with van der Waals surface area (Å²) in [7, 11) is 0. The third kappa shape index (κ3) is 2.77. The van der Waals surface area contributed by atoms with Crippen molar-refractivity contribution in [2.45, 2.75) is 17.4 Å². The molecule has 1 aliphatic heterocycles. The molecule has 0 fully saturated rings. The Kier molecular flexibility index (Phi) is 3.87. The summed E-state index contributed by atoms with van der Waals surface area (Å²) < 4.78 is 0. The lowest BCUT2D eigenvalue weighted by Gasteiger charge is -2.25. The topological polar surface area (TPSA) is 68.0 Å². The molecule has 1 unspecified atom stereocenters. The smallest absolute Gasteiger partial charge is 0.271 e. The van der Waals surface area contributed by atoms with Crippen LogP contribution in [0.25, 0.3) is 0 Å². The SMILES string of the molecule is Nc1nc(C(=O)NC2CCSc3ccc(Cl)cc32)cs1. The largest absolute Gasteiger partial charge is 0.375 e. The van der Waals surface area contributed by atoms with Crippen LogP contribution in [-0.4, -0.2) is 16.6 Å². The lowest BCUT2D eigenvalue weighted by atomic mass is 10.0. The second-order valence-corrected chi connectivity index (χ2v) is 6.88. The van der Waals surface area contributed by atoms with Crippen molar-refractivity contribution in [1.29, 1.82) is 0 Å². The van der Waals surface area contributed by atoms with Gasteiger partial charge in [-0.15, -0.1) is 23.1 Å². The lowest BCUT2D eigenvalue weighted by molar-refractivity contribution is 0.0930. The molecule has 0 aliphatic carbocycles. The van der Waals surface area contributed by atoms with Crippen molar-refractivity contribution in [1.82, 2.24) is 10.3 Å². The number of nitrogens with one attached hydrogen (secondary N) is 1. The van der Waals surface area contributed by atoms with E-state index in [2.05, 4.69) is 10.3 Å². The Bertz CT molecular complexity index is 659. The maximum Gasteiger partial charge on any atom is 0.271 e. The number of nitrogen functional groups attached to an aromatic ring is 1. The first-order valence-electron chi connectivity index (χ1n) is 6.07. The van der Waals surface area contributed by atoms with Crippen LogP contribution in [0, 0.1) is 0 Å². The zero-order chi connectivity index (χ0) is 14.1. The van der Waals surface area contributed by atoms with Gasteiger partial charge in [-0.25, -0.2) is 4.98 Å². The van der Waals surface area contributed by atoms with Crippen LogP contribution < -0.4 is 11.1 Å². The molecule has 3 N–H and O–H groups in total. The molecular formula is C13H12ClN3OS2. The number of nitrogens with zero attached hydrogens (tertiary/aromatic N) is 1. The molecule has 4 nitrogen and oxygen atoms in total. The normalized spacial score (nSPS) is 17.6. The average molecular weight is 326 g/mol. The first-order valence-corrected chi connectivity index (χ1v) is 8.32. The van der Waals surface area contributed by atoms with E-state index in [-0.39, 0.29) is 11.9 Å². The van der Waals surface area contributed by atoms with Gasteiger partial charge in [-0.05, 0) is 30.2 Å². The molecule has 1 amide bonds. The van der Waals surface area contributed by atoms with Crippen molar-refractivity contribution in [2.24, 2.45) is 0 Å². The van der Waals surface area contributed by atoms with Gasteiger partial charge in [0.25, 0.3) is 5.91 Å². The number of thioether (sulfide) groups is 1. The number of halogens is 1. The molecule has 1 aromatic carbocycles. The minimum Gasteiger partial charge on any atom is -0.375 e. The highest BCUT2D eigenvalue weighted by Gasteiger charge is 2.23. The molecule has 0 saturated carbocycles. The van der Waals surface area contributed by atoms with Crippen molar-refractivity contribution in [3.8, 4) is 0 Å². The Labute approximate surface area is 129 Å². The van der Waals surface area contributed by atoms with E-state index in [1.165, 1.54) is 16.2 Å². The van der Waals surface area contributed by atoms with Crippen LogP contribution in [0.2, 0.25) is 5.02 Å². The highest BCUT2D eigenvalue weighted by atomic mass is 35.5. The summed E-state index contributed by atoms with van der Waals surface area (Å²) >= 11 is 9.10. The zero-order valence-corrected chi connectivity index (χ0v) is 12.8. The number of fused-ring (bicyclic) bond motifs is 1. The predicted molar refractivity (Wildman–Crippen MR) is 83.5 cm³/mol. The second kappa shape index (κ2) is 5.63. The van der Waals surface area contributed by atoms with E-state index in [1.807, 2.05) is 18.2 Å². The van der Waals surface area contributed by atoms with Crippen LogP contribution >= 0.6 is 34.7 Å². The van der Waals surface area contributed by atoms with Gasteiger partial charge in [-0.2, -0.15) is 0 Å². The summed E-state index contributed by atoms with van der Waals surface area (Å²) in [6, 6.07) is 5.77. The molecule has 0 saturated heterocycles. The number of nitrogens with two attached hydrogens (primary N) is 1. The summed E-state index contributed by atoms with van der Waals surface area (Å²) in [4.78, 5) is 17.3. The molecule has 104 valence electrons. The lowest BCUT2D eigenvalue weighted by Crippen LogP contribution is -2.30. The van der Waals surface area contributed by atoms with Crippen LogP contribution in [-0.2, 0) is 0 Å². The summed E-state index contributed by atoms with van der Waals surface area (Å²) in [6.07, 6.45) is 0.878. The van der Waals surface area contributed by atoms with E-state index in [9.17, 15) is 4.79 Å². The highest BCUT2D eigenvalue weighted by molar-refractivity contribution is 7.99. The predicted octanol–water partition coefficient (Wildman–Crippen LogP) is 3.35. The van der Waals surface area contributed by atoms with Gasteiger partial charge in [0.15, 0.2) is 5.13 Å². The first kappa shape index (κ1) is 13.7. The Balaban J connectivity index is 1.82. The van der Waals surface area contributed by atoms with Gasteiger partial charge >= 0.3 is 0 Å². The Morgan fingerprint density at radius 1 is 1.50 bits per heavy atom. The van der Waals surface area contributed by atoms with Crippen molar-refractivity contribution in [3.63, 3.8) is 0 Å². The Morgan fingerprint density at radius 3 is 3.10 bits per heavy atom. The van der Waals surface area contributed by atoms with E-state index in [0.29, 0.717) is 15.8 Å². The summed E-state index contributed by atoms with van der Waals surface area (Å²) in [6.45, 7) is 0. The number of carbonyl (C=O) groups excluding carboxylic acids is 1. The van der Waals surface area contributed by atoms with Crippen LogP contribution in [0.15, 0.2) is 28.5 Å². The second-order valence-electron chi connectivity index (χ2n) is 4.42. The van der Waals surface area contributed by atoms with Gasteiger partial charge in [0.05, 0.1) is 6.04 Å². The van der Waals surface area contributed by atoms with Gasteiger partial charge < -0.3 is 11.1 Å². The number of anilines is 1. The Morgan fingerprint density at radius 2 is 2.35 bits per heavy atom.